The summed E-state index contributed by atoms with van der Waals surface area (Å²) in [5.74, 6) is 0.183. The Labute approximate surface area is 170 Å². The molecule has 0 unspecified atom stereocenters. The van der Waals surface area contributed by atoms with Crippen molar-refractivity contribution in [1.29, 1.82) is 0 Å². The standard InChI is InChI=1S/C20H19F3N4O3/c1-19(2,18(28)29-3)11-30-13-6-4-12(5-7-13)14-8-25-15(9-24-14)17-26-10-16(27-17)20(21,22)23/h4-10H,11H2,1-3H3,(H,26,27). The molecule has 0 bridgehead atoms. The molecular formula is C20H19F3N4O3. The fourth-order valence-electron chi connectivity index (χ4n) is 2.52. The van der Waals surface area contributed by atoms with E-state index in [1.165, 1.54) is 19.5 Å². The molecule has 0 saturated heterocycles. The van der Waals surface area contributed by atoms with E-state index in [0.717, 1.165) is 5.56 Å². The van der Waals surface area contributed by atoms with Crippen LogP contribution in [0.2, 0.25) is 0 Å². The summed E-state index contributed by atoms with van der Waals surface area (Å²) in [5, 5.41) is 0. The number of esters is 1. The molecule has 1 aromatic carbocycles. The molecule has 1 N–H and O–H groups in total. The maximum atomic E-state index is 12.7. The lowest BCUT2D eigenvalue weighted by atomic mass is 9.95. The van der Waals surface area contributed by atoms with Gasteiger partial charge in [-0.1, -0.05) is 0 Å². The Bertz CT molecular complexity index is 1010. The first kappa shape index (κ1) is 21.3. The molecule has 2 heterocycles. The highest BCUT2D eigenvalue weighted by Gasteiger charge is 2.33. The number of methoxy groups -OCH3 is 1. The van der Waals surface area contributed by atoms with Crippen LogP contribution in [0.1, 0.15) is 19.5 Å². The number of benzene rings is 1. The zero-order valence-electron chi connectivity index (χ0n) is 16.4. The monoisotopic (exact) mass is 420 g/mol. The summed E-state index contributed by atoms with van der Waals surface area (Å²) in [4.78, 5) is 26.0. The Hall–Kier alpha value is -3.43. The number of carbonyl (C=O) groups excluding carboxylic acids is 1. The molecule has 0 spiro atoms. The number of nitrogens with zero attached hydrogens (tertiary/aromatic N) is 3. The van der Waals surface area contributed by atoms with Crippen LogP contribution in [-0.2, 0) is 15.7 Å². The van der Waals surface area contributed by atoms with Crippen LogP contribution in [-0.4, -0.2) is 39.6 Å². The van der Waals surface area contributed by atoms with Gasteiger partial charge in [-0.3, -0.25) is 9.78 Å². The molecule has 0 amide bonds. The average Bonchev–Trinajstić information content (AvgIpc) is 3.23. The van der Waals surface area contributed by atoms with E-state index in [-0.39, 0.29) is 24.1 Å². The number of rotatable bonds is 6. The summed E-state index contributed by atoms with van der Waals surface area (Å²) in [5.41, 5.74) is -0.271. The molecule has 2 aromatic heterocycles. The molecule has 3 rings (SSSR count). The predicted molar refractivity (Wildman–Crippen MR) is 101 cm³/mol. The van der Waals surface area contributed by atoms with Gasteiger partial charge in [0.1, 0.15) is 23.7 Å². The van der Waals surface area contributed by atoms with Gasteiger partial charge in [-0.25, -0.2) is 9.97 Å². The third-order valence-electron chi connectivity index (χ3n) is 4.26. The lowest BCUT2D eigenvalue weighted by Crippen LogP contribution is -2.32. The molecule has 0 saturated carbocycles. The molecule has 0 atom stereocenters. The van der Waals surface area contributed by atoms with E-state index >= 15 is 0 Å². The molecule has 0 aliphatic heterocycles. The quantitative estimate of drug-likeness (QED) is 0.603. The summed E-state index contributed by atoms with van der Waals surface area (Å²) >= 11 is 0. The van der Waals surface area contributed by atoms with Gasteiger partial charge >= 0.3 is 12.1 Å². The second kappa shape index (κ2) is 8.13. The SMILES string of the molecule is COC(=O)C(C)(C)COc1ccc(-c2cnc(-c3ncc(C(F)(F)F)[nH]3)cn2)cc1. The Kier molecular flexibility index (Phi) is 5.77. The van der Waals surface area contributed by atoms with E-state index in [9.17, 15) is 18.0 Å². The minimum atomic E-state index is -4.51. The van der Waals surface area contributed by atoms with Crippen molar-refractivity contribution >= 4 is 5.97 Å². The van der Waals surface area contributed by atoms with Crippen LogP contribution in [0.3, 0.4) is 0 Å². The lowest BCUT2D eigenvalue weighted by Gasteiger charge is -2.21. The van der Waals surface area contributed by atoms with Gasteiger partial charge in [0, 0.05) is 5.56 Å². The molecular weight excluding hydrogens is 401 g/mol. The second-order valence-corrected chi connectivity index (χ2v) is 7.12. The molecule has 0 aliphatic carbocycles. The van der Waals surface area contributed by atoms with Gasteiger partial charge in [0.2, 0.25) is 0 Å². The molecule has 7 nitrogen and oxygen atoms in total. The fraction of sp³-hybridized carbons (Fsp3) is 0.300. The number of carbonyl (C=O) groups is 1. The first-order chi connectivity index (χ1) is 14.1. The number of H-pyrrole nitrogens is 1. The lowest BCUT2D eigenvalue weighted by molar-refractivity contribution is -0.152. The molecule has 10 heteroatoms. The van der Waals surface area contributed by atoms with Gasteiger partial charge < -0.3 is 14.5 Å². The van der Waals surface area contributed by atoms with Crippen molar-refractivity contribution in [3.05, 3.63) is 48.5 Å². The van der Waals surface area contributed by atoms with Gasteiger partial charge in [0.15, 0.2) is 5.82 Å². The summed E-state index contributed by atoms with van der Waals surface area (Å²) in [6.07, 6.45) is -1.00. The number of alkyl halides is 3. The van der Waals surface area contributed by atoms with Crippen molar-refractivity contribution in [2.24, 2.45) is 5.41 Å². The normalized spacial score (nSPS) is 11.9. The molecule has 0 fully saturated rings. The van der Waals surface area contributed by atoms with Crippen LogP contribution >= 0.6 is 0 Å². The largest absolute Gasteiger partial charge is 0.492 e. The summed E-state index contributed by atoms with van der Waals surface area (Å²) < 4.78 is 48.4. The summed E-state index contributed by atoms with van der Waals surface area (Å²) in [6.45, 7) is 3.60. The maximum Gasteiger partial charge on any atom is 0.432 e. The van der Waals surface area contributed by atoms with Crippen molar-refractivity contribution in [1.82, 2.24) is 19.9 Å². The van der Waals surface area contributed by atoms with Gasteiger partial charge in [-0.05, 0) is 38.1 Å². The molecule has 0 aliphatic rings. The van der Waals surface area contributed by atoms with Gasteiger partial charge in [-0.2, -0.15) is 13.2 Å². The zero-order chi connectivity index (χ0) is 21.9. The van der Waals surface area contributed by atoms with E-state index < -0.39 is 17.3 Å². The highest BCUT2D eigenvalue weighted by molar-refractivity contribution is 5.75. The van der Waals surface area contributed by atoms with Gasteiger partial charge in [0.05, 0.1) is 36.8 Å². The fourth-order valence-corrected chi connectivity index (χ4v) is 2.52. The Morgan fingerprint density at radius 1 is 1.00 bits per heavy atom. The number of halogens is 3. The molecule has 3 aromatic rings. The summed E-state index contributed by atoms with van der Waals surface area (Å²) in [6, 6.07) is 6.97. The Morgan fingerprint density at radius 2 is 1.63 bits per heavy atom. The molecule has 158 valence electrons. The number of hydrogen-bond donors (Lipinski definition) is 1. The van der Waals surface area contributed by atoms with E-state index in [2.05, 4.69) is 19.9 Å². The van der Waals surface area contributed by atoms with Crippen LogP contribution in [0.4, 0.5) is 13.2 Å². The van der Waals surface area contributed by atoms with Gasteiger partial charge in [-0.15, -0.1) is 0 Å². The minimum Gasteiger partial charge on any atom is -0.492 e. The molecule has 30 heavy (non-hydrogen) atoms. The number of nitrogens with one attached hydrogen (secondary N) is 1. The van der Waals surface area contributed by atoms with Crippen molar-refractivity contribution < 1.29 is 27.4 Å². The van der Waals surface area contributed by atoms with Gasteiger partial charge in [0.25, 0.3) is 0 Å². The first-order valence-electron chi connectivity index (χ1n) is 8.86. The third kappa shape index (κ3) is 4.76. The average molecular weight is 420 g/mol. The Balaban J connectivity index is 1.68. The topological polar surface area (TPSA) is 90.0 Å². The van der Waals surface area contributed by atoms with E-state index in [1.54, 1.807) is 38.1 Å². The number of aromatic nitrogens is 4. The number of hydrogen-bond acceptors (Lipinski definition) is 6. The van der Waals surface area contributed by atoms with Crippen molar-refractivity contribution in [2.45, 2.75) is 20.0 Å². The predicted octanol–water partition coefficient (Wildman–Crippen LogP) is 4.13. The van der Waals surface area contributed by atoms with Crippen molar-refractivity contribution in [3.63, 3.8) is 0 Å². The van der Waals surface area contributed by atoms with Crippen LogP contribution in [0.15, 0.2) is 42.9 Å². The van der Waals surface area contributed by atoms with E-state index in [1.807, 2.05) is 0 Å². The minimum absolute atomic E-state index is 0.0154. The smallest absolute Gasteiger partial charge is 0.432 e. The number of ether oxygens (including phenoxy) is 2. The summed E-state index contributed by atoms with van der Waals surface area (Å²) in [7, 11) is 1.33. The van der Waals surface area contributed by atoms with Crippen LogP contribution in [0, 0.1) is 5.41 Å². The number of aromatic amines is 1. The zero-order valence-corrected chi connectivity index (χ0v) is 16.4. The van der Waals surface area contributed by atoms with E-state index in [0.29, 0.717) is 17.6 Å². The maximum absolute atomic E-state index is 12.7. The second-order valence-electron chi connectivity index (χ2n) is 7.12. The van der Waals surface area contributed by atoms with Crippen LogP contribution in [0.25, 0.3) is 22.8 Å². The highest BCUT2D eigenvalue weighted by atomic mass is 19.4. The highest BCUT2D eigenvalue weighted by Crippen LogP contribution is 2.29. The first-order valence-corrected chi connectivity index (χ1v) is 8.86. The number of imidazole rings is 1. The third-order valence-corrected chi connectivity index (χ3v) is 4.26. The van der Waals surface area contributed by atoms with E-state index in [4.69, 9.17) is 9.47 Å². The van der Waals surface area contributed by atoms with Crippen molar-refractivity contribution in [2.75, 3.05) is 13.7 Å². The van der Waals surface area contributed by atoms with Crippen LogP contribution in [0.5, 0.6) is 5.75 Å². The van der Waals surface area contributed by atoms with Crippen LogP contribution < -0.4 is 4.74 Å². The van der Waals surface area contributed by atoms with Crippen molar-refractivity contribution in [3.8, 4) is 28.5 Å². The Morgan fingerprint density at radius 3 is 2.17 bits per heavy atom. The molecule has 0 radical (unpaired) electrons.